The van der Waals surface area contributed by atoms with E-state index in [1.165, 1.54) is 18.5 Å². The Balaban J connectivity index is 0.000000163. The van der Waals surface area contributed by atoms with Crippen molar-refractivity contribution in [3.63, 3.8) is 0 Å². The summed E-state index contributed by atoms with van der Waals surface area (Å²) in [6, 6.07) is 18.1. The SMILES string of the molecule is C#C.O=C(CN1CCCC1)N1CCN(c2ccc(-c3ncccn3)cc2)CC1.c1cc(-c2n[nH]c3cc4cncnc4cc23)ccn1. The van der Waals surface area contributed by atoms with Crippen molar-refractivity contribution in [2.45, 2.75) is 12.8 Å². The molecule has 0 radical (unpaired) electrons. The maximum absolute atomic E-state index is 12.5. The van der Waals surface area contributed by atoms with Gasteiger partial charge in [-0.2, -0.15) is 5.10 Å². The van der Waals surface area contributed by atoms with Gasteiger partial charge in [-0.3, -0.25) is 19.8 Å². The van der Waals surface area contributed by atoms with E-state index in [0.717, 1.165) is 83.7 Å². The van der Waals surface area contributed by atoms with Gasteiger partial charge in [-0.25, -0.2) is 19.9 Å². The molecular formula is C36H36N10O. The number of hydrogen-bond donors (Lipinski definition) is 1. The molecule has 4 aromatic heterocycles. The molecule has 6 heterocycles. The van der Waals surface area contributed by atoms with Gasteiger partial charge in [-0.1, -0.05) is 0 Å². The Kier molecular flexibility index (Phi) is 10.00. The normalized spacial score (nSPS) is 14.7. The monoisotopic (exact) mass is 624 g/mol. The number of amides is 1. The van der Waals surface area contributed by atoms with Gasteiger partial charge in [0.1, 0.15) is 12.0 Å². The Morgan fingerprint density at radius 3 is 2.23 bits per heavy atom. The number of terminal acetylenes is 1. The molecule has 0 atom stereocenters. The Bertz CT molecular complexity index is 1910. The molecule has 47 heavy (non-hydrogen) atoms. The number of likely N-dealkylation sites (tertiary alicyclic amines) is 1. The average molecular weight is 625 g/mol. The number of nitrogens with zero attached hydrogens (tertiary/aromatic N) is 9. The first-order chi connectivity index (χ1) is 23.2. The number of aromatic nitrogens is 7. The number of rotatable bonds is 5. The Hall–Kier alpha value is -5.73. The third-order valence-corrected chi connectivity index (χ3v) is 8.39. The van der Waals surface area contributed by atoms with Crippen LogP contribution in [-0.2, 0) is 4.79 Å². The highest BCUT2D eigenvalue weighted by Crippen LogP contribution is 2.28. The standard InChI is InChI=1S/C20H25N5O.C14H9N5.C2H2/c26-19(16-23-10-1-2-11-23)25-14-12-24(13-15-25)18-6-4-17(5-7-18)20-21-8-3-9-22-20;1-3-15-4-2-9(1)14-11-6-12-10(7-16-8-17-12)5-13(11)18-19-14;1-2/h3-9H,1-2,10-16H2;1-8H,(H,18,19);1-2H. The van der Waals surface area contributed by atoms with E-state index >= 15 is 0 Å². The summed E-state index contributed by atoms with van der Waals surface area (Å²) in [6.07, 6.45) is 20.9. The zero-order chi connectivity index (χ0) is 32.4. The second kappa shape index (κ2) is 15.0. The van der Waals surface area contributed by atoms with Gasteiger partial charge in [-0.05, 0) is 80.5 Å². The largest absolute Gasteiger partial charge is 0.368 e. The van der Waals surface area contributed by atoms with Gasteiger partial charge in [-0.15, -0.1) is 12.8 Å². The predicted octanol–water partition coefficient (Wildman–Crippen LogP) is 4.71. The van der Waals surface area contributed by atoms with Gasteiger partial charge in [0, 0.05) is 84.7 Å². The topological polar surface area (TPSA) is 120 Å². The highest BCUT2D eigenvalue weighted by molar-refractivity contribution is 6.01. The molecule has 11 nitrogen and oxygen atoms in total. The third kappa shape index (κ3) is 7.40. The summed E-state index contributed by atoms with van der Waals surface area (Å²) >= 11 is 0. The summed E-state index contributed by atoms with van der Waals surface area (Å²) in [5, 5.41) is 9.49. The van der Waals surface area contributed by atoms with Crippen molar-refractivity contribution in [2.24, 2.45) is 0 Å². The van der Waals surface area contributed by atoms with Crippen molar-refractivity contribution in [1.82, 2.24) is 44.9 Å². The Labute approximate surface area is 273 Å². The number of carbonyl (C=O) groups is 1. The quantitative estimate of drug-likeness (QED) is 0.272. The van der Waals surface area contributed by atoms with E-state index < -0.39 is 0 Å². The number of carbonyl (C=O) groups excluding carboxylic acids is 1. The maximum Gasteiger partial charge on any atom is 0.236 e. The number of anilines is 1. The predicted molar refractivity (Wildman–Crippen MR) is 184 cm³/mol. The van der Waals surface area contributed by atoms with Crippen LogP contribution in [0.1, 0.15) is 12.8 Å². The summed E-state index contributed by atoms with van der Waals surface area (Å²) in [5.74, 6) is 1.03. The molecule has 0 unspecified atom stereocenters. The first-order valence-corrected chi connectivity index (χ1v) is 15.7. The highest BCUT2D eigenvalue weighted by atomic mass is 16.2. The van der Waals surface area contributed by atoms with Crippen molar-refractivity contribution in [3.05, 3.63) is 91.9 Å². The fourth-order valence-electron chi connectivity index (χ4n) is 5.94. The maximum atomic E-state index is 12.5. The summed E-state index contributed by atoms with van der Waals surface area (Å²) in [6.45, 7) is 6.10. The van der Waals surface area contributed by atoms with Crippen molar-refractivity contribution >= 4 is 33.4 Å². The molecule has 6 aromatic rings. The van der Waals surface area contributed by atoms with Crippen molar-refractivity contribution in [3.8, 4) is 35.5 Å². The Morgan fingerprint density at radius 1 is 0.787 bits per heavy atom. The minimum absolute atomic E-state index is 0.281. The molecule has 2 aliphatic heterocycles. The van der Waals surface area contributed by atoms with Crippen LogP contribution in [0.15, 0.2) is 91.9 Å². The van der Waals surface area contributed by atoms with Crippen LogP contribution < -0.4 is 4.90 Å². The minimum Gasteiger partial charge on any atom is -0.368 e. The van der Waals surface area contributed by atoms with E-state index in [2.05, 4.69) is 82.0 Å². The van der Waals surface area contributed by atoms with Crippen LogP contribution >= 0.6 is 0 Å². The zero-order valence-corrected chi connectivity index (χ0v) is 26.1. The molecule has 0 aliphatic carbocycles. The van der Waals surface area contributed by atoms with Gasteiger partial charge in [0.2, 0.25) is 5.91 Å². The van der Waals surface area contributed by atoms with Crippen LogP contribution in [0.2, 0.25) is 0 Å². The van der Waals surface area contributed by atoms with Gasteiger partial charge in [0.25, 0.3) is 0 Å². The fourth-order valence-corrected chi connectivity index (χ4v) is 5.94. The fraction of sp³-hybridized carbons (Fsp3) is 0.250. The summed E-state index contributed by atoms with van der Waals surface area (Å²) in [7, 11) is 0. The van der Waals surface area contributed by atoms with E-state index in [-0.39, 0.29) is 5.91 Å². The molecule has 2 aliphatic rings. The second-order valence-corrected chi connectivity index (χ2v) is 11.3. The second-order valence-electron chi connectivity index (χ2n) is 11.3. The van der Waals surface area contributed by atoms with E-state index in [9.17, 15) is 4.79 Å². The molecule has 2 fully saturated rings. The van der Waals surface area contributed by atoms with E-state index in [1.807, 2.05) is 35.2 Å². The average Bonchev–Trinajstić information content (AvgIpc) is 3.82. The van der Waals surface area contributed by atoms with Crippen LogP contribution in [0.3, 0.4) is 0 Å². The molecule has 236 valence electrons. The van der Waals surface area contributed by atoms with Crippen molar-refractivity contribution < 1.29 is 4.79 Å². The van der Waals surface area contributed by atoms with Crippen LogP contribution in [0, 0.1) is 12.8 Å². The Morgan fingerprint density at radius 2 is 1.51 bits per heavy atom. The summed E-state index contributed by atoms with van der Waals surface area (Å²) < 4.78 is 0. The zero-order valence-electron chi connectivity index (χ0n) is 26.1. The molecular weight excluding hydrogens is 588 g/mol. The van der Waals surface area contributed by atoms with Gasteiger partial charge in [0.05, 0.1) is 17.6 Å². The number of benzene rings is 2. The molecule has 2 aromatic carbocycles. The lowest BCUT2D eigenvalue weighted by molar-refractivity contribution is -0.132. The lowest BCUT2D eigenvalue weighted by Gasteiger charge is -2.36. The highest BCUT2D eigenvalue weighted by Gasteiger charge is 2.24. The molecule has 0 saturated carbocycles. The third-order valence-electron chi connectivity index (χ3n) is 8.39. The number of hydrogen-bond acceptors (Lipinski definition) is 9. The lowest BCUT2D eigenvalue weighted by atomic mass is 10.1. The number of piperazine rings is 1. The van der Waals surface area contributed by atoms with E-state index in [4.69, 9.17) is 0 Å². The number of nitrogens with one attached hydrogen (secondary N) is 1. The van der Waals surface area contributed by atoms with Gasteiger partial charge >= 0.3 is 0 Å². The summed E-state index contributed by atoms with van der Waals surface area (Å²) in [5.41, 5.74) is 6.06. The van der Waals surface area contributed by atoms with E-state index in [0.29, 0.717) is 6.54 Å². The number of H-pyrrole nitrogens is 1. The first kappa shape index (κ1) is 31.3. The number of fused-ring (bicyclic) bond motifs is 2. The number of aromatic amines is 1. The van der Waals surface area contributed by atoms with Crippen LogP contribution in [-0.4, -0.2) is 96.6 Å². The molecule has 2 saturated heterocycles. The molecule has 8 rings (SSSR count). The van der Waals surface area contributed by atoms with E-state index in [1.54, 1.807) is 37.3 Å². The lowest BCUT2D eigenvalue weighted by Crippen LogP contribution is -2.51. The minimum atomic E-state index is 0.281. The van der Waals surface area contributed by atoms with Crippen LogP contribution in [0.5, 0.6) is 0 Å². The van der Waals surface area contributed by atoms with Crippen molar-refractivity contribution in [1.29, 1.82) is 0 Å². The smallest absolute Gasteiger partial charge is 0.236 e. The molecule has 1 amide bonds. The molecule has 1 N–H and O–H groups in total. The molecule has 0 spiro atoms. The van der Waals surface area contributed by atoms with Gasteiger partial charge in [0.15, 0.2) is 5.82 Å². The summed E-state index contributed by atoms with van der Waals surface area (Å²) in [4.78, 5) is 40.0. The van der Waals surface area contributed by atoms with Crippen molar-refractivity contribution in [2.75, 3.05) is 50.7 Å². The number of pyridine rings is 1. The van der Waals surface area contributed by atoms with Crippen LogP contribution in [0.4, 0.5) is 5.69 Å². The van der Waals surface area contributed by atoms with Gasteiger partial charge < -0.3 is 9.80 Å². The van der Waals surface area contributed by atoms with Crippen LogP contribution in [0.25, 0.3) is 44.5 Å². The molecule has 0 bridgehead atoms. The first-order valence-electron chi connectivity index (χ1n) is 15.7. The molecule has 11 heteroatoms.